The number of anilines is 1. The van der Waals surface area contributed by atoms with E-state index in [0.717, 1.165) is 4.90 Å². The van der Waals surface area contributed by atoms with E-state index in [1.54, 1.807) is 24.3 Å². The number of carbonyl (C=O) groups is 2. The molecule has 2 aromatic heterocycles. The molecule has 0 saturated carbocycles. The summed E-state index contributed by atoms with van der Waals surface area (Å²) < 4.78 is 0. The van der Waals surface area contributed by atoms with Gasteiger partial charge in [0, 0.05) is 12.6 Å². The van der Waals surface area contributed by atoms with Crippen molar-refractivity contribution in [2.24, 2.45) is 0 Å². The number of ketones is 1. The molecule has 0 unspecified atom stereocenters. The van der Waals surface area contributed by atoms with Crippen molar-refractivity contribution in [1.82, 2.24) is 9.97 Å². The van der Waals surface area contributed by atoms with Crippen molar-refractivity contribution >= 4 is 40.2 Å². The van der Waals surface area contributed by atoms with Crippen LogP contribution in [0.5, 0.6) is 0 Å². The van der Waals surface area contributed by atoms with Gasteiger partial charge in [-0.25, -0.2) is 9.78 Å². The molecule has 2 N–H and O–H groups in total. The van der Waals surface area contributed by atoms with Gasteiger partial charge in [0.15, 0.2) is 0 Å². The molecular weight excluding hydrogens is 290 g/mol. The quantitative estimate of drug-likeness (QED) is 0.728. The second kappa shape index (κ2) is 5.02. The summed E-state index contributed by atoms with van der Waals surface area (Å²) in [7, 11) is 1.40. The van der Waals surface area contributed by atoms with Crippen LogP contribution >= 0.6 is 11.3 Å². The minimum absolute atomic E-state index is 0.0605. The minimum atomic E-state index is -1.11. The first kappa shape index (κ1) is 13.3. The Balaban J connectivity index is 2.00. The molecule has 6 nitrogen and oxygen atoms in total. The molecule has 0 spiro atoms. The first-order valence-electron chi connectivity index (χ1n) is 6.11. The van der Waals surface area contributed by atoms with Crippen LogP contribution in [0.4, 0.5) is 10.7 Å². The molecule has 0 aliphatic heterocycles. The number of fused-ring (bicyclic) bond motifs is 1. The molecule has 3 aromatic rings. The van der Waals surface area contributed by atoms with E-state index in [1.807, 2.05) is 11.4 Å². The van der Waals surface area contributed by atoms with Gasteiger partial charge in [0.1, 0.15) is 0 Å². The molecule has 1 aromatic carbocycles. The third kappa shape index (κ3) is 2.38. The molecule has 0 saturated heterocycles. The lowest BCUT2D eigenvalue weighted by Crippen LogP contribution is -2.24. The molecule has 0 radical (unpaired) electrons. The third-order valence-electron chi connectivity index (χ3n) is 3.08. The molecule has 3 rings (SSSR count). The number of nitrogens with zero attached hydrogens (tertiary/aromatic N) is 2. The number of benzene rings is 1. The van der Waals surface area contributed by atoms with E-state index in [9.17, 15) is 9.59 Å². The van der Waals surface area contributed by atoms with Gasteiger partial charge in [-0.15, -0.1) is 11.3 Å². The summed E-state index contributed by atoms with van der Waals surface area (Å²) in [4.78, 5) is 31.9. The highest BCUT2D eigenvalue weighted by Gasteiger charge is 2.15. The number of hydrogen-bond donors (Lipinski definition) is 2. The van der Waals surface area contributed by atoms with Crippen LogP contribution in [0.25, 0.3) is 11.0 Å². The van der Waals surface area contributed by atoms with E-state index in [0.29, 0.717) is 21.5 Å². The first-order chi connectivity index (χ1) is 10.1. The fourth-order valence-corrected chi connectivity index (χ4v) is 2.62. The highest BCUT2D eigenvalue weighted by Crippen LogP contribution is 2.21. The van der Waals surface area contributed by atoms with Crippen molar-refractivity contribution in [3.05, 3.63) is 46.2 Å². The van der Waals surface area contributed by atoms with E-state index < -0.39 is 6.09 Å². The Kier molecular flexibility index (Phi) is 3.19. The fraction of sp³-hybridized carbons (Fsp3) is 0.0714. The van der Waals surface area contributed by atoms with Gasteiger partial charge >= 0.3 is 6.09 Å². The van der Waals surface area contributed by atoms with Crippen molar-refractivity contribution in [3.8, 4) is 0 Å². The lowest BCUT2D eigenvalue weighted by atomic mass is 10.1. The van der Waals surface area contributed by atoms with Crippen molar-refractivity contribution in [2.45, 2.75) is 0 Å². The Bertz CT molecular complexity index is 823. The first-order valence-corrected chi connectivity index (χ1v) is 6.99. The lowest BCUT2D eigenvalue weighted by molar-refractivity contribution is 0.104. The highest BCUT2D eigenvalue weighted by molar-refractivity contribution is 7.12. The van der Waals surface area contributed by atoms with Crippen LogP contribution in [-0.2, 0) is 0 Å². The zero-order chi connectivity index (χ0) is 15.0. The van der Waals surface area contributed by atoms with Crippen molar-refractivity contribution in [2.75, 3.05) is 11.9 Å². The second-order valence-electron chi connectivity index (χ2n) is 4.44. The van der Waals surface area contributed by atoms with E-state index in [-0.39, 0.29) is 11.7 Å². The topological polar surface area (TPSA) is 86.3 Å². The predicted octanol–water partition coefficient (Wildman–Crippen LogP) is 2.97. The molecule has 0 atom stereocenters. The number of amides is 1. The van der Waals surface area contributed by atoms with Crippen LogP contribution in [0, 0.1) is 0 Å². The molecule has 21 heavy (non-hydrogen) atoms. The van der Waals surface area contributed by atoms with Crippen LogP contribution in [0.15, 0.2) is 35.7 Å². The van der Waals surface area contributed by atoms with Crippen LogP contribution < -0.4 is 4.90 Å². The number of carboxylic acid groups (broad SMARTS) is 1. The van der Waals surface area contributed by atoms with E-state index in [2.05, 4.69) is 9.97 Å². The van der Waals surface area contributed by atoms with E-state index in [1.165, 1.54) is 18.4 Å². The summed E-state index contributed by atoms with van der Waals surface area (Å²) in [5, 5.41) is 10.8. The summed E-state index contributed by atoms with van der Waals surface area (Å²) in [6.07, 6.45) is -1.11. The summed E-state index contributed by atoms with van der Waals surface area (Å²) in [6.45, 7) is 0. The van der Waals surface area contributed by atoms with E-state index in [4.69, 9.17) is 5.11 Å². The van der Waals surface area contributed by atoms with Gasteiger partial charge in [-0.2, -0.15) is 0 Å². The predicted molar refractivity (Wildman–Crippen MR) is 80.3 cm³/mol. The zero-order valence-electron chi connectivity index (χ0n) is 11.0. The molecule has 0 aliphatic rings. The summed E-state index contributed by atoms with van der Waals surface area (Å²) >= 11 is 1.38. The fourth-order valence-electron chi connectivity index (χ4n) is 1.94. The average molecular weight is 301 g/mol. The molecule has 0 bridgehead atoms. The van der Waals surface area contributed by atoms with Crippen molar-refractivity contribution in [3.63, 3.8) is 0 Å². The van der Waals surface area contributed by atoms with Gasteiger partial charge in [0.05, 0.1) is 15.9 Å². The average Bonchev–Trinajstić information content (AvgIpc) is 3.13. The maximum Gasteiger partial charge on any atom is 0.413 e. The van der Waals surface area contributed by atoms with Gasteiger partial charge in [0.25, 0.3) is 0 Å². The number of H-pyrrole nitrogens is 1. The molecule has 0 aliphatic carbocycles. The summed E-state index contributed by atoms with van der Waals surface area (Å²) in [5.41, 5.74) is 1.78. The van der Waals surface area contributed by atoms with Crippen LogP contribution in [0.2, 0.25) is 0 Å². The molecular formula is C14H11N3O3S. The summed E-state index contributed by atoms with van der Waals surface area (Å²) in [5.74, 6) is 0.160. The smallest absolute Gasteiger partial charge is 0.413 e. The molecule has 7 heteroatoms. The van der Waals surface area contributed by atoms with E-state index >= 15 is 0 Å². The number of aromatic nitrogens is 2. The van der Waals surface area contributed by atoms with Gasteiger partial charge in [-0.3, -0.25) is 9.69 Å². The minimum Gasteiger partial charge on any atom is -0.465 e. The van der Waals surface area contributed by atoms with Crippen LogP contribution in [0.3, 0.4) is 0 Å². The molecule has 1 amide bonds. The molecule has 2 heterocycles. The van der Waals surface area contributed by atoms with Crippen LogP contribution in [-0.4, -0.2) is 34.0 Å². The second-order valence-corrected chi connectivity index (χ2v) is 5.39. The van der Waals surface area contributed by atoms with Crippen molar-refractivity contribution in [1.29, 1.82) is 0 Å². The largest absolute Gasteiger partial charge is 0.465 e. The maximum atomic E-state index is 12.3. The van der Waals surface area contributed by atoms with Gasteiger partial charge in [-0.1, -0.05) is 6.07 Å². The Morgan fingerprint density at radius 2 is 2.14 bits per heavy atom. The third-order valence-corrected chi connectivity index (χ3v) is 3.95. The highest BCUT2D eigenvalue weighted by atomic mass is 32.1. The van der Waals surface area contributed by atoms with Gasteiger partial charge < -0.3 is 10.1 Å². The Labute approximate surface area is 123 Å². The van der Waals surface area contributed by atoms with Crippen molar-refractivity contribution < 1.29 is 14.7 Å². The standard InChI is InChI=1S/C14H11N3O3S/c1-17(14(19)20)13-15-9-5-4-8(7-10(9)16-13)12(18)11-3-2-6-21-11/h2-7H,1H3,(H,15,16)(H,19,20). The Hall–Kier alpha value is -2.67. The monoisotopic (exact) mass is 301 g/mol. The lowest BCUT2D eigenvalue weighted by Gasteiger charge is -2.07. The number of carbonyl (C=O) groups excluding carboxylic acids is 1. The number of aromatic amines is 1. The van der Waals surface area contributed by atoms with Gasteiger partial charge in [0.2, 0.25) is 11.7 Å². The molecule has 0 fully saturated rings. The number of rotatable bonds is 3. The number of imidazole rings is 1. The Morgan fingerprint density at radius 1 is 1.33 bits per heavy atom. The summed E-state index contributed by atoms with van der Waals surface area (Å²) in [6, 6.07) is 8.67. The van der Waals surface area contributed by atoms with Crippen LogP contribution in [0.1, 0.15) is 15.2 Å². The normalized spacial score (nSPS) is 10.7. The number of nitrogens with one attached hydrogen (secondary N) is 1. The molecule has 106 valence electrons. The van der Waals surface area contributed by atoms with Gasteiger partial charge in [-0.05, 0) is 29.6 Å². The number of thiophene rings is 1. The maximum absolute atomic E-state index is 12.3. The Morgan fingerprint density at radius 3 is 2.81 bits per heavy atom. The zero-order valence-corrected chi connectivity index (χ0v) is 11.8. The number of hydrogen-bond acceptors (Lipinski definition) is 4. The SMILES string of the molecule is CN(C(=O)O)c1nc2ccc(C(=O)c3cccs3)cc2[nH]1.